The van der Waals surface area contributed by atoms with Crippen LogP contribution in [0.15, 0.2) is 42.5 Å². The highest BCUT2D eigenvalue weighted by Gasteiger charge is 2.23. The number of methoxy groups -OCH3 is 1. The molecular weight excluding hydrogens is 357 g/mol. The minimum atomic E-state index is -0.486. The second kappa shape index (κ2) is 8.38. The fourth-order valence-electron chi connectivity index (χ4n) is 3.08. The van der Waals surface area contributed by atoms with Crippen molar-refractivity contribution >= 4 is 28.9 Å². The summed E-state index contributed by atoms with van der Waals surface area (Å²) in [4.78, 5) is 15.7. The fourth-order valence-corrected chi connectivity index (χ4v) is 3.25. The fraction of sp³-hybridized carbons (Fsp3) is 0.316. The van der Waals surface area contributed by atoms with Crippen LogP contribution in [0.4, 0.5) is 15.8 Å². The minimum absolute atomic E-state index is 0.122. The number of hydrogen-bond donors (Lipinski definition) is 2. The van der Waals surface area contributed by atoms with E-state index >= 15 is 0 Å². The molecular formula is C19H22ClFN3O2+. The van der Waals surface area contributed by atoms with Crippen LogP contribution < -0.4 is 19.9 Å². The lowest BCUT2D eigenvalue weighted by molar-refractivity contribution is -0.892. The molecule has 0 aromatic heterocycles. The van der Waals surface area contributed by atoms with Crippen LogP contribution in [-0.4, -0.2) is 45.7 Å². The van der Waals surface area contributed by atoms with Gasteiger partial charge in [-0.1, -0.05) is 17.7 Å². The molecule has 2 N–H and O–H groups in total. The summed E-state index contributed by atoms with van der Waals surface area (Å²) >= 11 is 5.85. The van der Waals surface area contributed by atoms with Crippen molar-refractivity contribution in [2.75, 3.05) is 50.1 Å². The Hall–Kier alpha value is -2.31. The average Bonchev–Trinajstić information content (AvgIpc) is 2.65. The number of anilines is 2. The number of benzene rings is 2. The van der Waals surface area contributed by atoms with E-state index in [4.69, 9.17) is 16.3 Å². The van der Waals surface area contributed by atoms with Crippen LogP contribution in [0.25, 0.3) is 0 Å². The standard InChI is InChI=1S/C19H21ClFN3O2/c1-26-16-4-2-3-15(12-16)24-9-7-23(8-10-24)13-19(25)22-18-11-14(20)5-6-17(18)21/h2-6,11-12H,7-10,13H2,1H3,(H,22,25)/p+1. The van der Waals surface area contributed by atoms with Gasteiger partial charge < -0.3 is 19.9 Å². The van der Waals surface area contributed by atoms with E-state index in [1.54, 1.807) is 7.11 Å². The predicted molar refractivity (Wildman–Crippen MR) is 101 cm³/mol. The summed E-state index contributed by atoms with van der Waals surface area (Å²) in [6.45, 7) is 3.67. The molecule has 0 bridgehead atoms. The number of halogens is 2. The van der Waals surface area contributed by atoms with Crippen molar-refractivity contribution < 1.29 is 18.8 Å². The highest BCUT2D eigenvalue weighted by Crippen LogP contribution is 2.21. The molecule has 1 amide bonds. The van der Waals surface area contributed by atoms with Gasteiger partial charge in [-0.25, -0.2) is 4.39 Å². The van der Waals surface area contributed by atoms with Crippen molar-refractivity contribution in [1.82, 2.24) is 0 Å². The average molecular weight is 379 g/mol. The van der Waals surface area contributed by atoms with Crippen LogP contribution in [0.2, 0.25) is 5.02 Å². The summed E-state index contributed by atoms with van der Waals surface area (Å²) < 4.78 is 19.0. The van der Waals surface area contributed by atoms with Crippen LogP contribution in [0.1, 0.15) is 0 Å². The zero-order chi connectivity index (χ0) is 18.5. The van der Waals surface area contributed by atoms with Gasteiger partial charge in [0.25, 0.3) is 5.91 Å². The molecule has 0 aliphatic carbocycles. The highest BCUT2D eigenvalue weighted by atomic mass is 35.5. The van der Waals surface area contributed by atoms with Gasteiger partial charge in [0, 0.05) is 16.8 Å². The molecule has 2 aromatic carbocycles. The summed E-state index contributed by atoms with van der Waals surface area (Å²) in [5.41, 5.74) is 1.24. The Balaban J connectivity index is 1.52. The van der Waals surface area contributed by atoms with Gasteiger partial charge in [0.2, 0.25) is 0 Å². The normalized spacial score (nSPS) is 15.0. The zero-order valence-corrected chi connectivity index (χ0v) is 15.4. The molecule has 0 atom stereocenters. The Morgan fingerprint density at radius 1 is 1.27 bits per heavy atom. The summed E-state index contributed by atoms with van der Waals surface area (Å²) in [6, 6.07) is 12.1. The third-order valence-electron chi connectivity index (χ3n) is 4.50. The molecule has 0 spiro atoms. The smallest absolute Gasteiger partial charge is 0.279 e. The second-order valence-electron chi connectivity index (χ2n) is 6.29. The lowest BCUT2D eigenvalue weighted by atomic mass is 10.2. The number of piperazine rings is 1. The molecule has 7 heteroatoms. The van der Waals surface area contributed by atoms with Gasteiger partial charge in [0.05, 0.1) is 39.0 Å². The van der Waals surface area contributed by atoms with Crippen molar-refractivity contribution in [2.24, 2.45) is 0 Å². The number of quaternary nitrogens is 1. The molecule has 0 radical (unpaired) electrons. The number of rotatable bonds is 5. The van der Waals surface area contributed by atoms with Crippen molar-refractivity contribution in [3.63, 3.8) is 0 Å². The van der Waals surface area contributed by atoms with Gasteiger partial charge in [-0.3, -0.25) is 4.79 Å². The number of hydrogen-bond acceptors (Lipinski definition) is 3. The number of amides is 1. The molecule has 138 valence electrons. The summed E-state index contributed by atoms with van der Waals surface area (Å²) in [5, 5.41) is 3.00. The third-order valence-corrected chi connectivity index (χ3v) is 4.74. The van der Waals surface area contributed by atoms with E-state index in [0.29, 0.717) is 11.6 Å². The molecule has 0 unspecified atom stereocenters. The molecule has 2 aromatic rings. The van der Waals surface area contributed by atoms with Gasteiger partial charge in [0.15, 0.2) is 6.54 Å². The van der Waals surface area contributed by atoms with Crippen molar-refractivity contribution in [3.05, 3.63) is 53.3 Å². The van der Waals surface area contributed by atoms with E-state index in [1.165, 1.54) is 23.1 Å². The minimum Gasteiger partial charge on any atom is -0.497 e. The summed E-state index contributed by atoms with van der Waals surface area (Å²) in [5.74, 6) is 0.136. The monoisotopic (exact) mass is 378 g/mol. The molecule has 0 saturated carbocycles. The van der Waals surface area contributed by atoms with E-state index in [9.17, 15) is 9.18 Å². The highest BCUT2D eigenvalue weighted by molar-refractivity contribution is 6.30. The molecule has 3 rings (SSSR count). The molecule has 1 aliphatic rings. The maximum absolute atomic E-state index is 13.7. The largest absolute Gasteiger partial charge is 0.497 e. The van der Waals surface area contributed by atoms with Crippen molar-refractivity contribution in [1.29, 1.82) is 0 Å². The van der Waals surface area contributed by atoms with Crippen molar-refractivity contribution in [2.45, 2.75) is 0 Å². The van der Waals surface area contributed by atoms with E-state index in [2.05, 4.69) is 16.3 Å². The first kappa shape index (κ1) is 18.5. The number of carbonyl (C=O) groups excluding carboxylic acids is 1. The molecule has 5 nitrogen and oxygen atoms in total. The van der Waals surface area contributed by atoms with Gasteiger partial charge in [0.1, 0.15) is 11.6 Å². The number of carbonyl (C=O) groups is 1. The van der Waals surface area contributed by atoms with Crippen LogP contribution in [0.5, 0.6) is 5.75 Å². The molecule has 1 saturated heterocycles. The lowest BCUT2D eigenvalue weighted by Gasteiger charge is -2.33. The summed E-state index contributed by atoms with van der Waals surface area (Å²) in [7, 11) is 1.66. The predicted octanol–water partition coefficient (Wildman–Crippen LogP) is 1.83. The zero-order valence-electron chi connectivity index (χ0n) is 14.6. The lowest BCUT2D eigenvalue weighted by Crippen LogP contribution is -3.15. The van der Waals surface area contributed by atoms with Crippen LogP contribution in [-0.2, 0) is 4.79 Å². The van der Waals surface area contributed by atoms with E-state index < -0.39 is 5.82 Å². The quantitative estimate of drug-likeness (QED) is 0.834. The van der Waals surface area contributed by atoms with Crippen LogP contribution >= 0.6 is 11.6 Å². The number of ether oxygens (including phenoxy) is 1. The Morgan fingerprint density at radius 3 is 2.77 bits per heavy atom. The molecule has 1 heterocycles. The van der Waals surface area contributed by atoms with Crippen LogP contribution in [0.3, 0.4) is 0 Å². The Bertz CT molecular complexity index is 779. The molecule has 26 heavy (non-hydrogen) atoms. The topological polar surface area (TPSA) is 46.0 Å². The van der Waals surface area contributed by atoms with Gasteiger partial charge in [-0.2, -0.15) is 0 Å². The maximum atomic E-state index is 13.7. The first-order valence-electron chi connectivity index (χ1n) is 8.52. The first-order valence-corrected chi connectivity index (χ1v) is 8.90. The van der Waals surface area contributed by atoms with Gasteiger partial charge in [-0.15, -0.1) is 0 Å². The van der Waals surface area contributed by atoms with Crippen molar-refractivity contribution in [3.8, 4) is 5.75 Å². The van der Waals surface area contributed by atoms with E-state index in [1.807, 2.05) is 18.2 Å². The first-order chi connectivity index (χ1) is 12.5. The SMILES string of the molecule is COc1cccc(N2CC[NH+](CC(=O)Nc3cc(Cl)ccc3F)CC2)c1. The maximum Gasteiger partial charge on any atom is 0.279 e. The van der Waals surface area contributed by atoms with E-state index in [0.717, 1.165) is 37.6 Å². The second-order valence-corrected chi connectivity index (χ2v) is 6.72. The third kappa shape index (κ3) is 4.65. The number of nitrogens with zero attached hydrogens (tertiary/aromatic N) is 1. The molecule has 1 aliphatic heterocycles. The van der Waals surface area contributed by atoms with E-state index in [-0.39, 0.29) is 11.6 Å². The Kier molecular flexibility index (Phi) is 5.96. The van der Waals surface area contributed by atoms with Gasteiger partial charge >= 0.3 is 0 Å². The summed E-state index contributed by atoms with van der Waals surface area (Å²) in [6.07, 6.45) is 0. The Labute approximate surface area is 157 Å². The molecule has 1 fully saturated rings. The number of nitrogens with one attached hydrogen (secondary N) is 2. The van der Waals surface area contributed by atoms with Gasteiger partial charge in [-0.05, 0) is 30.3 Å². The van der Waals surface area contributed by atoms with Crippen LogP contribution in [0, 0.1) is 5.82 Å². The Morgan fingerprint density at radius 2 is 2.04 bits per heavy atom.